The van der Waals surface area contributed by atoms with Crippen LogP contribution in [0.1, 0.15) is 19.7 Å². The van der Waals surface area contributed by atoms with Crippen molar-refractivity contribution in [2.75, 3.05) is 26.0 Å². The quantitative estimate of drug-likeness (QED) is 0.805. The Bertz CT molecular complexity index is 272. The molecule has 0 aliphatic heterocycles. The molecule has 4 nitrogen and oxygen atoms in total. The zero-order valence-corrected chi connectivity index (χ0v) is 10.1. The first kappa shape index (κ1) is 11.4. The number of likely N-dealkylation sites (N-methyl/N-ethyl adjacent to an activating group) is 1. The van der Waals surface area contributed by atoms with E-state index in [-0.39, 0.29) is 0 Å². The standard InChI is InChI=1S/C9H18N4S/c1-5-8-11-9(14-12-8)10-7(2)6-13(3)4/h7H,5-6H2,1-4H3,(H,10,11,12). The van der Waals surface area contributed by atoms with Gasteiger partial charge in [-0.15, -0.1) is 0 Å². The van der Waals surface area contributed by atoms with Gasteiger partial charge in [-0.3, -0.25) is 0 Å². The topological polar surface area (TPSA) is 41.1 Å². The molecule has 0 bridgehead atoms. The predicted octanol–water partition coefficient (Wildman–Crippen LogP) is 1.46. The lowest BCUT2D eigenvalue weighted by Crippen LogP contribution is -2.29. The summed E-state index contributed by atoms with van der Waals surface area (Å²) < 4.78 is 4.22. The Labute approximate surface area is 89.5 Å². The summed E-state index contributed by atoms with van der Waals surface area (Å²) in [5.74, 6) is 0.926. The molecule has 1 N–H and O–H groups in total. The molecule has 1 atom stereocenters. The highest BCUT2D eigenvalue weighted by Gasteiger charge is 2.06. The Morgan fingerprint density at radius 2 is 2.21 bits per heavy atom. The number of aromatic nitrogens is 2. The Kier molecular flexibility index (Phi) is 4.28. The molecule has 0 amide bonds. The third kappa shape index (κ3) is 3.59. The van der Waals surface area contributed by atoms with Crippen LogP contribution in [0, 0.1) is 0 Å². The van der Waals surface area contributed by atoms with Gasteiger partial charge in [0.25, 0.3) is 0 Å². The lowest BCUT2D eigenvalue weighted by atomic mass is 10.3. The Hall–Kier alpha value is -0.680. The second kappa shape index (κ2) is 5.26. The van der Waals surface area contributed by atoms with Crippen molar-refractivity contribution in [2.24, 2.45) is 0 Å². The average molecular weight is 214 g/mol. The fraction of sp³-hybridized carbons (Fsp3) is 0.778. The molecule has 0 fully saturated rings. The van der Waals surface area contributed by atoms with Gasteiger partial charge in [0.05, 0.1) is 0 Å². The highest BCUT2D eigenvalue weighted by molar-refractivity contribution is 7.09. The molecular weight excluding hydrogens is 196 g/mol. The molecule has 14 heavy (non-hydrogen) atoms. The predicted molar refractivity (Wildman–Crippen MR) is 60.9 cm³/mol. The van der Waals surface area contributed by atoms with Crippen LogP contribution < -0.4 is 5.32 Å². The number of nitrogens with one attached hydrogen (secondary N) is 1. The van der Waals surface area contributed by atoms with Crippen molar-refractivity contribution in [1.82, 2.24) is 14.3 Å². The molecule has 1 unspecified atom stereocenters. The van der Waals surface area contributed by atoms with Crippen LogP contribution in [0.2, 0.25) is 0 Å². The normalized spacial score (nSPS) is 13.2. The number of anilines is 1. The number of nitrogens with zero attached hydrogens (tertiary/aromatic N) is 3. The van der Waals surface area contributed by atoms with E-state index in [2.05, 4.69) is 47.5 Å². The summed E-state index contributed by atoms with van der Waals surface area (Å²) in [6.07, 6.45) is 0.903. The van der Waals surface area contributed by atoms with Crippen molar-refractivity contribution in [3.8, 4) is 0 Å². The van der Waals surface area contributed by atoms with Gasteiger partial charge in [-0.2, -0.15) is 4.37 Å². The van der Waals surface area contributed by atoms with Gasteiger partial charge in [-0.05, 0) is 21.0 Å². The van der Waals surface area contributed by atoms with Gasteiger partial charge in [0.15, 0.2) is 0 Å². The van der Waals surface area contributed by atoms with E-state index in [0.29, 0.717) is 6.04 Å². The molecule has 0 aliphatic rings. The van der Waals surface area contributed by atoms with Crippen molar-refractivity contribution in [3.05, 3.63) is 5.82 Å². The van der Waals surface area contributed by atoms with E-state index in [4.69, 9.17) is 0 Å². The maximum Gasteiger partial charge on any atom is 0.202 e. The number of aryl methyl sites for hydroxylation is 1. The van der Waals surface area contributed by atoms with Crippen LogP contribution in [0.3, 0.4) is 0 Å². The summed E-state index contributed by atoms with van der Waals surface area (Å²) >= 11 is 1.44. The van der Waals surface area contributed by atoms with Crippen molar-refractivity contribution < 1.29 is 0 Å². The molecule has 1 rings (SSSR count). The monoisotopic (exact) mass is 214 g/mol. The average Bonchev–Trinajstić information content (AvgIpc) is 2.50. The minimum Gasteiger partial charge on any atom is -0.357 e. The molecule has 0 saturated carbocycles. The van der Waals surface area contributed by atoms with E-state index >= 15 is 0 Å². The third-order valence-electron chi connectivity index (χ3n) is 1.79. The Morgan fingerprint density at radius 3 is 2.71 bits per heavy atom. The molecule has 0 aliphatic carbocycles. The van der Waals surface area contributed by atoms with Crippen LogP contribution in [0.4, 0.5) is 5.13 Å². The van der Waals surface area contributed by atoms with E-state index in [9.17, 15) is 0 Å². The molecule has 0 aromatic carbocycles. The zero-order chi connectivity index (χ0) is 10.6. The second-order valence-corrected chi connectivity index (χ2v) is 4.43. The maximum atomic E-state index is 4.35. The molecule has 0 radical (unpaired) electrons. The van der Waals surface area contributed by atoms with E-state index in [0.717, 1.165) is 23.9 Å². The van der Waals surface area contributed by atoms with Crippen LogP contribution >= 0.6 is 11.5 Å². The summed E-state index contributed by atoms with van der Waals surface area (Å²) in [4.78, 5) is 6.51. The second-order valence-electron chi connectivity index (χ2n) is 3.68. The van der Waals surface area contributed by atoms with E-state index < -0.39 is 0 Å². The van der Waals surface area contributed by atoms with Crippen molar-refractivity contribution >= 4 is 16.7 Å². The smallest absolute Gasteiger partial charge is 0.202 e. The molecule has 1 aromatic rings. The first-order chi connectivity index (χ1) is 6.61. The van der Waals surface area contributed by atoms with Crippen LogP contribution in [0.25, 0.3) is 0 Å². The van der Waals surface area contributed by atoms with Gasteiger partial charge in [0, 0.05) is 30.5 Å². The van der Waals surface area contributed by atoms with Gasteiger partial charge in [0.2, 0.25) is 5.13 Å². The largest absolute Gasteiger partial charge is 0.357 e. The summed E-state index contributed by atoms with van der Waals surface area (Å²) in [6, 6.07) is 0.405. The first-order valence-electron chi connectivity index (χ1n) is 4.85. The van der Waals surface area contributed by atoms with Crippen LogP contribution in [0.15, 0.2) is 0 Å². The van der Waals surface area contributed by atoms with Crippen LogP contribution in [-0.2, 0) is 6.42 Å². The van der Waals surface area contributed by atoms with Gasteiger partial charge in [-0.25, -0.2) is 4.98 Å². The maximum absolute atomic E-state index is 4.35. The summed E-state index contributed by atoms with van der Waals surface area (Å²) in [5.41, 5.74) is 0. The Morgan fingerprint density at radius 1 is 1.50 bits per heavy atom. The van der Waals surface area contributed by atoms with Gasteiger partial charge in [0.1, 0.15) is 5.82 Å². The van der Waals surface area contributed by atoms with Gasteiger partial charge < -0.3 is 10.2 Å². The third-order valence-corrected chi connectivity index (χ3v) is 2.48. The molecule has 5 heteroatoms. The van der Waals surface area contributed by atoms with E-state index in [1.54, 1.807) is 0 Å². The highest BCUT2D eigenvalue weighted by atomic mass is 32.1. The summed E-state index contributed by atoms with van der Waals surface area (Å²) in [6.45, 7) is 5.21. The van der Waals surface area contributed by atoms with E-state index in [1.807, 2.05) is 0 Å². The molecular formula is C9H18N4S. The molecule has 0 saturated heterocycles. The van der Waals surface area contributed by atoms with E-state index in [1.165, 1.54) is 11.5 Å². The van der Waals surface area contributed by atoms with Crippen LogP contribution in [0.5, 0.6) is 0 Å². The minimum atomic E-state index is 0.405. The Balaban J connectivity index is 2.43. The SMILES string of the molecule is CCc1nsc(NC(C)CN(C)C)n1. The first-order valence-corrected chi connectivity index (χ1v) is 5.63. The minimum absolute atomic E-state index is 0.405. The summed E-state index contributed by atoms with van der Waals surface area (Å²) in [5, 5.41) is 4.26. The molecule has 1 aromatic heterocycles. The zero-order valence-electron chi connectivity index (χ0n) is 9.24. The lowest BCUT2D eigenvalue weighted by molar-refractivity contribution is 0.392. The van der Waals surface area contributed by atoms with Gasteiger partial charge in [-0.1, -0.05) is 6.92 Å². The molecule has 80 valence electrons. The van der Waals surface area contributed by atoms with Gasteiger partial charge >= 0.3 is 0 Å². The van der Waals surface area contributed by atoms with Crippen molar-refractivity contribution in [3.63, 3.8) is 0 Å². The summed E-state index contributed by atoms with van der Waals surface area (Å²) in [7, 11) is 4.13. The van der Waals surface area contributed by atoms with Crippen LogP contribution in [-0.4, -0.2) is 40.9 Å². The molecule has 1 heterocycles. The fourth-order valence-corrected chi connectivity index (χ4v) is 2.02. The number of hydrogen-bond donors (Lipinski definition) is 1. The number of rotatable bonds is 5. The highest BCUT2D eigenvalue weighted by Crippen LogP contribution is 2.12. The lowest BCUT2D eigenvalue weighted by Gasteiger charge is -2.17. The molecule has 0 spiro atoms. The van der Waals surface area contributed by atoms with Crippen molar-refractivity contribution in [2.45, 2.75) is 26.3 Å². The van der Waals surface area contributed by atoms with Crippen molar-refractivity contribution in [1.29, 1.82) is 0 Å². The number of hydrogen-bond acceptors (Lipinski definition) is 5. The fourth-order valence-electron chi connectivity index (χ4n) is 1.26.